The predicted octanol–water partition coefficient (Wildman–Crippen LogP) is 2.31. The lowest BCUT2D eigenvalue weighted by molar-refractivity contribution is 0.0646. The second-order valence-corrected chi connectivity index (χ2v) is 7.65. The lowest BCUT2D eigenvalue weighted by atomic mass is 10.1. The summed E-state index contributed by atoms with van der Waals surface area (Å²) >= 11 is 0. The zero-order valence-electron chi connectivity index (χ0n) is 18.9. The Bertz CT molecular complexity index is 1190. The zero-order valence-corrected chi connectivity index (χ0v) is 18.9. The highest BCUT2D eigenvalue weighted by Gasteiger charge is 2.34. The third-order valence-electron chi connectivity index (χ3n) is 5.48. The summed E-state index contributed by atoms with van der Waals surface area (Å²) in [6.07, 6.45) is 2.47. The summed E-state index contributed by atoms with van der Waals surface area (Å²) in [5.41, 5.74) is 13.9. The fourth-order valence-electron chi connectivity index (χ4n) is 3.81. The van der Waals surface area contributed by atoms with Crippen LogP contribution >= 0.6 is 0 Å². The van der Waals surface area contributed by atoms with Gasteiger partial charge in [-0.15, -0.1) is 0 Å². The van der Waals surface area contributed by atoms with E-state index in [1.807, 2.05) is 12.1 Å². The van der Waals surface area contributed by atoms with Gasteiger partial charge in [0.05, 0.1) is 32.0 Å². The minimum Gasteiger partial charge on any atom is -0.493 e. The highest BCUT2D eigenvalue weighted by atomic mass is 16.5. The number of nitrogens with zero attached hydrogens (tertiary/aromatic N) is 3. The Morgan fingerprint density at radius 3 is 2.15 bits per heavy atom. The van der Waals surface area contributed by atoms with Crippen LogP contribution in [0.5, 0.6) is 17.2 Å². The Morgan fingerprint density at radius 1 is 0.971 bits per heavy atom. The minimum atomic E-state index is -0.286. The molecular weight excluding hydrogens is 438 g/mol. The average molecular weight is 463 g/mol. The summed E-state index contributed by atoms with van der Waals surface area (Å²) in [6, 6.07) is 10.4. The number of ether oxygens (including phenoxy) is 3. The van der Waals surface area contributed by atoms with Crippen LogP contribution in [0.1, 0.15) is 38.3 Å². The maximum absolute atomic E-state index is 12.5. The average Bonchev–Trinajstić information content (AvgIpc) is 3.08. The van der Waals surface area contributed by atoms with Gasteiger partial charge in [0.1, 0.15) is 5.82 Å². The number of benzene rings is 2. The molecule has 0 fully saturated rings. The van der Waals surface area contributed by atoms with Gasteiger partial charge in [-0.2, -0.15) is 4.98 Å². The first-order valence-corrected chi connectivity index (χ1v) is 10.6. The van der Waals surface area contributed by atoms with E-state index in [0.717, 1.165) is 5.56 Å². The van der Waals surface area contributed by atoms with Gasteiger partial charge in [0, 0.05) is 24.7 Å². The summed E-state index contributed by atoms with van der Waals surface area (Å²) in [4.78, 5) is 34.2. The molecule has 176 valence electrons. The molecule has 1 aromatic heterocycles. The number of aromatic nitrogens is 2. The van der Waals surface area contributed by atoms with Crippen LogP contribution in [0.2, 0.25) is 0 Å². The van der Waals surface area contributed by atoms with Gasteiger partial charge < -0.3 is 25.7 Å². The topological polar surface area (TPSA) is 143 Å². The van der Waals surface area contributed by atoms with Crippen LogP contribution < -0.4 is 25.7 Å². The smallest absolute Gasteiger partial charge is 0.261 e. The van der Waals surface area contributed by atoms with E-state index in [-0.39, 0.29) is 30.9 Å². The maximum Gasteiger partial charge on any atom is 0.261 e. The molecule has 10 nitrogen and oxygen atoms in total. The first-order valence-electron chi connectivity index (χ1n) is 10.6. The summed E-state index contributed by atoms with van der Waals surface area (Å²) in [5.74, 6) is 1.23. The molecule has 0 atom stereocenters. The highest BCUT2D eigenvalue weighted by molar-refractivity contribution is 6.21. The van der Waals surface area contributed by atoms with Crippen LogP contribution in [0.15, 0.2) is 42.6 Å². The molecule has 34 heavy (non-hydrogen) atoms. The van der Waals surface area contributed by atoms with E-state index in [1.54, 1.807) is 30.5 Å². The molecule has 0 saturated carbocycles. The van der Waals surface area contributed by atoms with Gasteiger partial charge in [-0.05, 0) is 36.2 Å². The molecule has 0 aliphatic carbocycles. The number of hydrogen-bond donors (Lipinski definition) is 2. The molecule has 2 heterocycles. The van der Waals surface area contributed by atoms with Crippen molar-refractivity contribution in [2.45, 2.75) is 12.8 Å². The number of fused-ring (bicyclic) bond motifs is 1. The number of imide groups is 1. The number of hydrogen-bond acceptors (Lipinski definition) is 9. The lowest BCUT2D eigenvalue weighted by Crippen LogP contribution is -2.31. The fourth-order valence-corrected chi connectivity index (χ4v) is 3.81. The van der Waals surface area contributed by atoms with Gasteiger partial charge in [-0.1, -0.05) is 12.1 Å². The van der Waals surface area contributed by atoms with E-state index in [0.29, 0.717) is 52.6 Å². The molecule has 0 bridgehead atoms. The van der Waals surface area contributed by atoms with E-state index in [4.69, 9.17) is 25.7 Å². The van der Waals surface area contributed by atoms with Crippen molar-refractivity contribution in [2.24, 2.45) is 0 Å². The van der Waals surface area contributed by atoms with Crippen molar-refractivity contribution in [3.05, 3.63) is 64.8 Å². The molecule has 4 rings (SSSR count). The fraction of sp³-hybridized carbons (Fsp3) is 0.250. The van der Waals surface area contributed by atoms with Crippen LogP contribution in [0.25, 0.3) is 0 Å². The van der Waals surface area contributed by atoms with Crippen LogP contribution in [0.3, 0.4) is 0 Å². The number of carbonyl (C=O) groups excluding carboxylic acids is 2. The SMILES string of the molecule is COc1cc(Cc2cnc(N)nc2N)cc(OC)c1OCCCN1C(=O)c2ccccc2C1=O. The van der Waals surface area contributed by atoms with Crippen LogP contribution in [-0.2, 0) is 6.42 Å². The van der Waals surface area contributed by atoms with Crippen LogP contribution in [-0.4, -0.2) is 54.1 Å². The molecule has 3 aromatic rings. The molecule has 1 aliphatic rings. The third kappa shape index (κ3) is 4.42. The van der Waals surface area contributed by atoms with Crippen molar-refractivity contribution < 1.29 is 23.8 Å². The van der Waals surface area contributed by atoms with Crippen molar-refractivity contribution in [1.82, 2.24) is 14.9 Å². The third-order valence-corrected chi connectivity index (χ3v) is 5.48. The molecule has 10 heteroatoms. The first-order chi connectivity index (χ1) is 16.4. The van der Waals surface area contributed by atoms with E-state index < -0.39 is 0 Å². The molecule has 0 spiro atoms. The van der Waals surface area contributed by atoms with Gasteiger partial charge in [0.2, 0.25) is 11.7 Å². The number of nitrogen functional groups attached to an aromatic ring is 2. The van der Waals surface area contributed by atoms with E-state index in [9.17, 15) is 9.59 Å². The van der Waals surface area contributed by atoms with Gasteiger partial charge in [0.25, 0.3) is 11.8 Å². The Morgan fingerprint density at radius 2 is 1.59 bits per heavy atom. The molecule has 0 radical (unpaired) electrons. The Balaban J connectivity index is 1.43. The number of nitrogens with two attached hydrogens (primary N) is 2. The number of amides is 2. The quantitative estimate of drug-likeness (QED) is 0.361. The van der Waals surface area contributed by atoms with E-state index >= 15 is 0 Å². The molecule has 2 aromatic carbocycles. The van der Waals surface area contributed by atoms with Gasteiger partial charge >= 0.3 is 0 Å². The molecule has 0 unspecified atom stereocenters. The standard InChI is InChI=1S/C24H25N5O5/c1-32-18-11-14(10-15-13-27-24(26)28-21(15)25)12-19(33-2)20(18)34-9-5-8-29-22(30)16-6-3-4-7-17(16)23(29)31/h3-4,6-7,11-13H,5,8-10H2,1-2H3,(H4,25,26,27,28). The van der Waals surface area contributed by atoms with Crippen molar-refractivity contribution in [3.63, 3.8) is 0 Å². The maximum atomic E-state index is 12.5. The Labute approximate surface area is 196 Å². The summed E-state index contributed by atoms with van der Waals surface area (Å²) in [7, 11) is 3.07. The van der Waals surface area contributed by atoms with Gasteiger partial charge in [-0.3, -0.25) is 14.5 Å². The largest absolute Gasteiger partial charge is 0.493 e. The minimum absolute atomic E-state index is 0.112. The van der Waals surface area contributed by atoms with E-state index in [1.165, 1.54) is 19.1 Å². The van der Waals surface area contributed by atoms with E-state index in [2.05, 4.69) is 9.97 Å². The van der Waals surface area contributed by atoms with Gasteiger partial charge in [-0.25, -0.2) is 4.98 Å². The number of anilines is 2. The summed E-state index contributed by atoms with van der Waals surface area (Å²) in [6.45, 7) is 0.490. The second-order valence-electron chi connectivity index (χ2n) is 7.65. The number of rotatable bonds is 9. The molecular formula is C24H25N5O5. The predicted molar refractivity (Wildman–Crippen MR) is 125 cm³/mol. The van der Waals surface area contributed by atoms with Crippen molar-refractivity contribution in [1.29, 1.82) is 0 Å². The van der Waals surface area contributed by atoms with Gasteiger partial charge in [0.15, 0.2) is 11.5 Å². The van der Waals surface area contributed by atoms with Crippen molar-refractivity contribution in [2.75, 3.05) is 38.8 Å². The Hall–Kier alpha value is -4.34. The number of carbonyl (C=O) groups is 2. The lowest BCUT2D eigenvalue weighted by Gasteiger charge is -2.18. The van der Waals surface area contributed by atoms with Crippen molar-refractivity contribution >= 4 is 23.6 Å². The van der Waals surface area contributed by atoms with Crippen LogP contribution in [0, 0.1) is 0 Å². The normalized spacial score (nSPS) is 12.6. The molecule has 0 saturated heterocycles. The highest BCUT2D eigenvalue weighted by Crippen LogP contribution is 2.39. The summed E-state index contributed by atoms with van der Waals surface area (Å²) < 4.78 is 17.0. The molecule has 1 aliphatic heterocycles. The molecule has 4 N–H and O–H groups in total. The molecule has 2 amide bonds. The first kappa shape index (κ1) is 22.8. The van der Waals surface area contributed by atoms with Crippen molar-refractivity contribution in [3.8, 4) is 17.2 Å². The number of methoxy groups -OCH3 is 2. The second kappa shape index (κ2) is 9.65. The zero-order chi connectivity index (χ0) is 24.2. The monoisotopic (exact) mass is 463 g/mol. The Kier molecular flexibility index (Phi) is 6.48. The summed E-state index contributed by atoms with van der Waals surface area (Å²) in [5, 5.41) is 0. The van der Waals surface area contributed by atoms with Crippen LogP contribution in [0.4, 0.5) is 11.8 Å².